The number of rotatable bonds is 2. The lowest BCUT2D eigenvalue weighted by molar-refractivity contribution is -0.117. The van der Waals surface area contributed by atoms with Gasteiger partial charge in [0.2, 0.25) is 0 Å². The van der Waals surface area contributed by atoms with E-state index in [4.69, 9.17) is 22.1 Å². The smallest absolute Gasteiger partial charge is 0.263 e. The van der Waals surface area contributed by atoms with Crippen LogP contribution in [-0.4, -0.2) is 24.9 Å². The van der Waals surface area contributed by atoms with Crippen LogP contribution in [0.15, 0.2) is 47.5 Å². The van der Waals surface area contributed by atoms with Crippen molar-refractivity contribution in [3.05, 3.63) is 58.6 Å². The normalized spacial score (nSPS) is 17.1. The van der Waals surface area contributed by atoms with Crippen molar-refractivity contribution in [2.24, 2.45) is 10.7 Å². The Balaban J connectivity index is 2.25. The molecule has 1 aliphatic heterocycles. The fourth-order valence-corrected chi connectivity index (χ4v) is 2.55. The number of amides is 1. The number of carbonyl (C=O) groups excluding carboxylic acids is 1. The minimum atomic E-state index is -0.994. The Morgan fingerprint density at radius 3 is 2.77 bits per heavy atom. The Hall–Kier alpha value is -2.37. The number of nitrogens with one attached hydrogen (secondary N) is 1. The van der Waals surface area contributed by atoms with Crippen LogP contribution >= 0.6 is 11.6 Å². The summed E-state index contributed by atoms with van der Waals surface area (Å²) in [6, 6.07) is 12.7. The van der Waals surface area contributed by atoms with Crippen molar-refractivity contribution in [1.29, 1.82) is 0 Å². The summed E-state index contributed by atoms with van der Waals surface area (Å²) in [5.74, 6) is 0.164. The van der Waals surface area contributed by atoms with E-state index >= 15 is 0 Å². The largest absolute Gasteiger partial charge is 0.495 e. The summed E-state index contributed by atoms with van der Waals surface area (Å²) in [7, 11) is 1.54. The summed E-state index contributed by atoms with van der Waals surface area (Å²) in [6.45, 7) is 0. The Kier molecular flexibility index (Phi) is 3.83. The summed E-state index contributed by atoms with van der Waals surface area (Å²) in [5.41, 5.74) is 8.52. The van der Waals surface area contributed by atoms with E-state index in [2.05, 4.69) is 10.3 Å². The number of nitrogens with two attached hydrogens (primary N) is 1. The molecule has 22 heavy (non-hydrogen) atoms. The molecule has 0 spiro atoms. The molecule has 5 nitrogen and oxygen atoms in total. The van der Waals surface area contributed by atoms with Crippen LogP contribution in [-0.2, 0) is 4.79 Å². The molecule has 1 amide bonds. The number of fused-ring (bicyclic) bond motifs is 1. The van der Waals surface area contributed by atoms with Crippen molar-refractivity contribution >= 4 is 28.9 Å². The molecule has 1 atom stereocenters. The lowest BCUT2D eigenvalue weighted by atomic mass is 10.00. The van der Waals surface area contributed by atoms with E-state index < -0.39 is 6.17 Å². The van der Waals surface area contributed by atoms with E-state index in [1.165, 1.54) is 0 Å². The first kappa shape index (κ1) is 14.6. The molecule has 0 aliphatic carbocycles. The van der Waals surface area contributed by atoms with E-state index in [0.717, 1.165) is 11.1 Å². The highest BCUT2D eigenvalue weighted by Gasteiger charge is 2.25. The van der Waals surface area contributed by atoms with E-state index in [1.54, 1.807) is 25.3 Å². The molecule has 2 aromatic carbocycles. The number of carbonyl (C=O) groups is 1. The number of halogens is 1. The van der Waals surface area contributed by atoms with Gasteiger partial charge in [-0.2, -0.15) is 0 Å². The molecule has 3 rings (SSSR count). The molecule has 0 bridgehead atoms. The molecule has 0 saturated heterocycles. The van der Waals surface area contributed by atoms with Crippen LogP contribution in [0.3, 0.4) is 0 Å². The van der Waals surface area contributed by atoms with Crippen LogP contribution in [0.25, 0.3) is 0 Å². The highest BCUT2D eigenvalue weighted by molar-refractivity contribution is 6.31. The SMILES string of the molecule is COc1cccc2c1NC(=O)C(N)N=C2c1cccc(Cl)c1. The number of nitrogens with zero attached hydrogens (tertiary/aromatic N) is 1. The van der Waals surface area contributed by atoms with Gasteiger partial charge >= 0.3 is 0 Å². The topological polar surface area (TPSA) is 76.7 Å². The molecule has 2 aromatic rings. The number of aliphatic imine (C=N–C) groups is 1. The fourth-order valence-electron chi connectivity index (χ4n) is 2.36. The standard InChI is InChI=1S/C16H14ClN3O2/c1-22-12-7-3-6-11-13(9-4-2-5-10(17)8-9)19-15(18)16(21)20-14(11)12/h2-8,15H,18H2,1H3,(H,20,21). The molecule has 1 heterocycles. The maximum atomic E-state index is 12.1. The van der Waals surface area contributed by atoms with Gasteiger partial charge in [0.15, 0.2) is 6.17 Å². The quantitative estimate of drug-likeness (QED) is 0.893. The van der Waals surface area contributed by atoms with Gasteiger partial charge in [-0.15, -0.1) is 0 Å². The van der Waals surface area contributed by atoms with Gasteiger partial charge in [0.1, 0.15) is 5.75 Å². The molecule has 3 N–H and O–H groups in total. The summed E-state index contributed by atoms with van der Waals surface area (Å²) in [5, 5.41) is 3.35. The second-order valence-electron chi connectivity index (χ2n) is 4.80. The minimum Gasteiger partial charge on any atom is -0.495 e. The van der Waals surface area contributed by atoms with Gasteiger partial charge < -0.3 is 15.8 Å². The third-order valence-electron chi connectivity index (χ3n) is 3.38. The summed E-state index contributed by atoms with van der Waals surface area (Å²) < 4.78 is 5.32. The predicted molar refractivity (Wildman–Crippen MR) is 86.7 cm³/mol. The van der Waals surface area contributed by atoms with Gasteiger partial charge in [0.25, 0.3) is 5.91 Å². The maximum absolute atomic E-state index is 12.1. The molecule has 1 aliphatic rings. The lowest BCUT2D eigenvalue weighted by Crippen LogP contribution is -2.33. The summed E-state index contributed by atoms with van der Waals surface area (Å²) in [6.07, 6.45) is -0.994. The Bertz CT molecular complexity index is 774. The van der Waals surface area contributed by atoms with Gasteiger partial charge in [-0.3, -0.25) is 9.79 Å². The first-order valence-corrected chi connectivity index (χ1v) is 7.05. The highest BCUT2D eigenvalue weighted by Crippen LogP contribution is 2.32. The molecular weight excluding hydrogens is 302 g/mol. The highest BCUT2D eigenvalue weighted by atomic mass is 35.5. The summed E-state index contributed by atoms with van der Waals surface area (Å²) in [4.78, 5) is 16.4. The van der Waals surface area contributed by atoms with Crippen LogP contribution in [0.2, 0.25) is 5.02 Å². The third-order valence-corrected chi connectivity index (χ3v) is 3.62. The van der Waals surface area contributed by atoms with E-state index in [-0.39, 0.29) is 5.91 Å². The second kappa shape index (κ2) is 5.79. The fraction of sp³-hybridized carbons (Fsp3) is 0.125. The number of hydrogen-bond acceptors (Lipinski definition) is 4. The summed E-state index contributed by atoms with van der Waals surface area (Å²) >= 11 is 6.06. The number of benzodiazepines with no additional fused rings is 1. The molecule has 0 aromatic heterocycles. The van der Waals surface area contributed by atoms with Crippen LogP contribution in [0.1, 0.15) is 11.1 Å². The number of ether oxygens (including phenoxy) is 1. The van der Waals surface area contributed by atoms with Crippen LogP contribution < -0.4 is 15.8 Å². The van der Waals surface area contributed by atoms with Crippen molar-refractivity contribution in [3.8, 4) is 5.75 Å². The second-order valence-corrected chi connectivity index (χ2v) is 5.24. The zero-order valence-corrected chi connectivity index (χ0v) is 12.6. The zero-order valence-electron chi connectivity index (χ0n) is 11.8. The maximum Gasteiger partial charge on any atom is 0.263 e. The van der Waals surface area contributed by atoms with Crippen molar-refractivity contribution in [3.63, 3.8) is 0 Å². The van der Waals surface area contributed by atoms with Gasteiger partial charge in [-0.25, -0.2) is 0 Å². The van der Waals surface area contributed by atoms with E-state index in [0.29, 0.717) is 22.2 Å². The van der Waals surface area contributed by atoms with Crippen LogP contribution in [0, 0.1) is 0 Å². The molecular formula is C16H14ClN3O2. The number of hydrogen-bond donors (Lipinski definition) is 2. The van der Waals surface area contributed by atoms with Crippen LogP contribution in [0.4, 0.5) is 5.69 Å². The first-order chi connectivity index (χ1) is 10.6. The molecule has 0 saturated carbocycles. The monoisotopic (exact) mass is 315 g/mol. The van der Waals surface area contributed by atoms with E-state index in [9.17, 15) is 4.79 Å². The number of para-hydroxylation sites is 1. The van der Waals surface area contributed by atoms with Gasteiger partial charge in [-0.1, -0.05) is 35.9 Å². The average molecular weight is 316 g/mol. The molecule has 112 valence electrons. The van der Waals surface area contributed by atoms with Crippen molar-refractivity contribution in [2.75, 3.05) is 12.4 Å². The van der Waals surface area contributed by atoms with E-state index in [1.807, 2.05) is 24.3 Å². The Labute approximate surface area is 132 Å². The van der Waals surface area contributed by atoms with Gasteiger partial charge in [0.05, 0.1) is 18.5 Å². The minimum absolute atomic E-state index is 0.386. The molecule has 1 unspecified atom stereocenters. The predicted octanol–water partition coefficient (Wildman–Crippen LogP) is 2.42. The lowest BCUT2D eigenvalue weighted by Gasteiger charge is -2.13. The zero-order chi connectivity index (χ0) is 15.7. The average Bonchev–Trinajstić information content (AvgIpc) is 2.64. The third kappa shape index (κ3) is 2.56. The Morgan fingerprint density at radius 2 is 2.05 bits per heavy atom. The number of methoxy groups -OCH3 is 1. The molecule has 0 radical (unpaired) electrons. The first-order valence-electron chi connectivity index (χ1n) is 6.67. The van der Waals surface area contributed by atoms with Crippen molar-refractivity contribution < 1.29 is 9.53 Å². The molecule has 0 fully saturated rings. The Morgan fingerprint density at radius 1 is 1.27 bits per heavy atom. The van der Waals surface area contributed by atoms with Gasteiger partial charge in [-0.05, 0) is 18.2 Å². The van der Waals surface area contributed by atoms with Gasteiger partial charge in [0, 0.05) is 16.1 Å². The molecule has 6 heteroatoms. The number of benzene rings is 2. The van der Waals surface area contributed by atoms with Crippen molar-refractivity contribution in [1.82, 2.24) is 0 Å². The van der Waals surface area contributed by atoms with Crippen molar-refractivity contribution in [2.45, 2.75) is 6.17 Å². The number of anilines is 1. The van der Waals surface area contributed by atoms with Crippen LogP contribution in [0.5, 0.6) is 5.75 Å².